The maximum absolute atomic E-state index is 4.58. The van der Waals surface area contributed by atoms with Gasteiger partial charge >= 0.3 is 0 Å². The van der Waals surface area contributed by atoms with Gasteiger partial charge in [0.25, 0.3) is 0 Å². The molecule has 2 N–H and O–H groups in total. The van der Waals surface area contributed by atoms with Gasteiger partial charge in [-0.05, 0) is 67.6 Å². The molecule has 5 nitrogen and oxygen atoms in total. The van der Waals surface area contributed by atoms with Gasteiger partial charge in [-0.25, -0.2) is 4.98 Å². The molecule has 0 aliphatic carbocycles. The highest BCUT2D eigenvalue weighted by molar-refractivity contribution is 5.63. The van der Waals surface area contributed by atoms with Crippen molar-refractivity contribution in [2.75, 3.05) is 28.6 Å². The van der Waals surface area contributed by atoms with Crippen LogP contribution in [0.2, 0.25) is 0 Å². The highest BCUT2D eigenvalue weighted by atomic mass is 15.1. The van der Waals surface area contributed by atoms with E-state index in [2.05, 4.69) is 69.7 Å². The molecule has 0 radical (unpaired) electrons. The van der Waals surface area contributed by atoms with E-state index in [4.69, 9.17) is 0 Å². The minimum absolute atomic E-state index is 0.582. The van der Waals surface area contributed by atoms with Gasteiger partial charge in [0.05, 0.1) is 0 Å². The summed E-state index contributed by atoms with van der Waals surface area (Å²) in [5.74, 6) is 2.20. The van der Waals surface area contributed by atoms with Crippen molar-refractivity contribution >= 4 is 28.8 Å². The van der Waals surface area contributed by atoms with E-state index in [0.29, 0.717) is 5.95 Å². The molecule has 3 aromatic rings. The van der Waals surface area contributed by atoms with Gasteiger partial charge in [-0.15, -0.1) is 0 Å². The lowest BCUT2D eigenvalue weighted by molar-refractivity contribution is 0.438. The Kier molecular flexibility index (Phi) is 5.42. The van der Waals surface area contributed by atoms with E-state index in [1.54, 1.807) is 6.20 Å². The topological polar surface area (TPSA) is 53.1 Å². The molecule has 1 saturated heterocycles. The predicted octanol–water partition coefficient (Wildman–Crippen LogP) is 5.51. The lowest BCUT2D eigenvalue weighted by Gasteiger charge is -2.32. The first-order valence-corrected chi connectivity index (χ1v) is 9.95. The SMILES string of the molecule is Cc1ccccc1Nc1nccc(Nc2ccc(N3CCC(C)CC3)cc2)n1. The summed E-state index contributed by atoms with van der Waals surface area (Å²) in [6.07, 6.45) is 4.31. The largest absolute Gasteiger partial charge is 0.372 e. The van der Waals surface area contributed by atoms with Crippen molar-refractivity contribution in [3.63, 3.8) is 0 Å². The quantitative estimate of drug-likeness (QED) is 0.618. The smallest absolute Gasteiger partial charge is 0.229 e. The molecule has 0 amide bonds. The van der Waals surface area contributed by atoms with E-state index >= 15 is 0 Å². The monoisotopic (exact) mass is 373 g/mol. The molecule has 0 bridgehead atoms. The molecule has 1 aliphatic heterocycles. The Hall–Kier alpha value is -3.08. The second-order valence-electron chi connectivity index (χ2n) is 7.55. The number of hydrogen-bond donors (Lipinski definition) is 2. The Morgan fingerprint density at radius 2 is 1.68 bits per heavy atom. The van der Waals surface area contributed by atoms with Crippen LogP contribution in [0.1, 0.15) is 25.3 Å². The predicted molar refractivity (Wildman–Crippen MR) is 117 cm³/mol. The van der Waals surface area contributed by atoms with E-state index in [-0.39, 0.29) is 0 Å². The molecule has 0 saturated carbocycles. The maximum atomic E-state index is 4.58. The standard InChI is InChI=1S/C23H27N5/c1-17-12-15-28(16-13-17)20-9-7-19(8-10-20)25-22-11-14-24-23(27-22)26-21-6-4-3-5-18(21)2/h3-11,14,17H,12-13,15-16H2,1-2H3,(H2,24,25,26,27). The lowest BCUT2D eigenvalue weighted by Crippen LogP contribution is -2.32. The van der Waals surface area contributed by atoms with Crippen LogP contribution in [-0.2, 0) is 0 Å². The Labute approximate surface area is 166 Å². The van der Waals surface area contributed by atoms with Gasteiger partial charge in [-0.1, -0.05) is 25.1 Å². The first-order valence-electron chi connectivity index (χ1n) is 9.95. The molecular weight excluding hydrogens is 346 g/mol. The van der Waals surface area contributed by atoms with Crippen LogP contribution in [0.3, 0.4) is 0 Å². The fourth-order valence-electron chi connectivity index (χ4n) is 3.49. The first kappa shape index (κ1) is 18.3. The number of piperidine rings is 1. The molecule has 4 rings (SSSR count). The van der Waals surface area contributed by atoms with Gasteiger partial charge in [0.15, 0.2) is 0 Å². The minimum Gasteiger partial charge on any atom is -0.372 e. The molecule has 0 unspecified atom stereocenters. The van der Waals surface area contributed by atoms with Gasteiger partial charge in [0, 0.05) is 36.3 Å². The molecule has 1 aliphatic rings. The third-order valence-electron chi connectivity index (χ3n) is 5.34. The van der Waals surface area contributed by atoms with Crippen LogP contribution in [0.5, 0.6) is 0 Å². The van der Waals surface area contributed by atoms with Crippen molar-refractivity contribution in [3.8, 4) is 0 Å². The van der Waals surface area contributed by atoms with Crippen LogP contribution < -0.4 is 15.5 Å². The number of rotatable bonds is 5. The van der Waals surface area contributed by atoms with E-state index in [9.17, 15) is 0 Å². The highest BCUT2D eigenvalue weighted by Gasteiger charge is 2.15. The lowest BCUT2D eigenvalue weighted by atomic mass is 9.99. The summed E-state index contributed by atoms with van der Waals surface area (Å²) in [6, 6.07) is 18.6. The Bertz CT molecular complexity index is 914. The molecule has 2 aromatic carbocycles. The Morgan fingerprint density at radius 1 is 0.929 bits per heavy atom. The Balaban J connectivity index is 1.42. The molecule has 2 heterocycles. The number of anilines is 5. The molecule has 1 fully saturated rings. The molecular formula is C23H27N5. The summed E-state index contributed by atoms with van der Waals surface area (Å²) in [6.45, 7) is 6.70. The van der Waals surface area contributed by atoms with Crippen LogP contribution in [0, 0.1) is 12.8 Å². The van der Waals surface area contributed by atoms with E-state index < -0.39 is 0 Å². The number of para-hydroxylation sites is 1. The number of nitrogens with one attached hydrogen (secondary N) is 2. The molecule has 144 valence electrons. The normalized spacial score (nSPS) is 14.7. The van der Waals surface area contributed by atoms with Crippen molar-refractivity contribution in [2.24, 2.45) is 5.92 Å². The highest BCUT2D eigenvalue weighted by Crippen LogP contribution is 2.25. The van der Waals surface area contributed by atoms with Crippen molar-refractivity contribution < 1.29 is 0 Å². The third-order valence-corrected chi connectivity index (χ3v) is 5.34. The van der Waals surface area contributed by atoms with Crippen molar-refractivity contribution in [1.82, 2.24) is 9.97 Å². The van der Waals surface area contributed by atoms with E-state index in [0.717, 1.165) is 41.8 Å². The van der Waals surface area contributed by atoms with Crippen LogP contribution in [-0.4, -0.2) is 23.1 Å². The van der Waals surface area contributed by atoms with Gasteiger partial charge in [-0.2, -0.15) is 4.98 Å². The molecule has 1 aromatic heterocycles. The van der Waals surface area contributed by atoms with Gasteiger partial charge in [0.2, 0.25) is 5.95 Å². The molecule has 5 heteroatoms. The zero-order chi connectivity index (χ0) is 19.3. The summed E-state index contributed by atoms with van der Waals surface area (Å²) in [4.78, 5) is 11.4. The number of aryl methyl sites for hydroxylation is 1. The van der Waals surface area contributed by atoms with E-state index in [1.165, 1.54) is 18.5 Å². The number of nitrogens with zero attached hydrogens (tertiary/aromatic N) is 3. The summed E-state index contributed by atoms with van der Waals surface area (Å²) < 4.78 is 0. The number of hydrogen-bond acceptors (Lipinski definition) is 5. The second kappa shape index (κ2) is 8.30. The van der Waals surface area contributed by atoms with E-state index in [1.807, 2.05) is 24.3 Å². The second-order valence-corrected chi connectivity index (χ2v) is 7.55. The minimum atomic E-state index is 0.582. The maximum Gasteiger partial charge on any atom is 0.229 e. The molecule has 0 atom stereocenters. The van der Waals surface area contributed by atoms with Gasteiger partial charge < -0.3 is 15.5 Å². The van der Waals surface area contributed by atoms with Crippen LogP contribution >= 0.6 is 0 Å². The van der Waals surface area contributed by atoms with Crippen LogP contribution in [0.25, 0.3) is 0 Å². The molecule has 0 spiro atoms. The summed E-state index contributed by atoms with van der Waals surface area (Å²) in [5.41, 5.74) is 4.49. The van der Waals surface area contributed by atoms with Crippen LogP contribution in [0.4, 0.5) is 28.8 Å². The zero-order valence-corrected chi connectivity index (χ0v) is 16.5. The first-order chi connectivity index (χ1) is 13.7. The number of aromatic nitrogens is 2. The Morgan fingerprint density at radius 3 is 2.43 bits per heavy atom. The zero-order valence-electron chi connectivity index (χ0n) is 16.5. The number of benzene rings is 2. The van der Waals surface area contributed by atoms with Gasteiger partial charge in [0.1, 0.15) is 5.82 Å². The average Bonchev–Trinajstić information content (AvgIpc) is 2.71. The fourth-order valence-corrected chi connectivity index (χ4v) is 3.49. The van der Waals surface area contributed by atoms with Crippen LogP contribution in [0.15, 0.2) is 60.8 Å². The van der Waals surface area contributed by atoms with Gasteiger partial charge in [-0.3, -0.25) is 0 Å². The summed E-state index contributed by atoms with van der Waals surface area (Å²) in [5, 5.41) is 6.66. The summed E-state index contributed by atoms with van der Waals surface area (Å²) >= 11 is 0. The van der Waals surface area contributed by atoms with Crippen molar-refractivity contribution in [2.45, 2.75) is 26.7 Å². The summed E-state index contributed by atoms with van der Waals surface area (Å²) in [7, 11) is 0. The average molecular weight is 374 g/mol. The van der Waals surface area contributed by atoms with Crippen molar-refractivity contribution in [1.29, 1.82) is 0 Å². The molecule has 28 heavy (non-hydrogen) atoms. The third kappa shape index (κ3) is 4.42. The van der Waals surface area contributed by atoms with Crippen molar-refractivity contribution in [3.05, 3.63) is 66.4 Å². The fraction of sp³-hybridized carbons (Fsp3) is 0.304.